The van der Waals surface area contributed by atoms with E-state index in [9.17, 15) is 48.6 Å². The Balaban J connectivity index is 1.81. The number of aliphatic hydroxyl groups excluding tert-OH is 1. The molecule has 4 rings (SSSR count). The first-order chi connectivity index (χ1) is 36.3. The number of hydrogen-bond donors (Lipinski definition) is 2. The van der Waals surface area contributed by atoms with E-state index in [4.69, 9.17) is 42.6 Å². The van der Waals surface area contributed by atoms with Crippen LogP contribution < -0.4 is 0 Å². The Morgan fingerprint density at radius 2 is 1.47 bits per heavy atom. The van der Waals surface area contributed by atoms with E-state index in [1.54, 1.807) is 33.8 Å². The Labute approximate surface area is 454 Å². The van der Waals surface area contributed by atoms with Crippen molar-refractivity contribution in [3.63, 3.8) is 0 Å². The highest BCUT2D eigenvalue weighted by Crippen LogP contribution is 2.40. The van der Waals surface area contributed by atoms with Crippen LogP contribution in [0.25, 0.3) is 0 Å². The third-order valence-electron chi connectivity index (χ3n) is 15.4. The molecule has 2 bridgehead atoms. The zero-order valence-corrected chi connectivity index (χ0v) is 47.2. The van der Waals surface area contributed by atoms with Gasteiger partial charge in [-0.15, -0.1) is 6.58 Å². The number of fused-ring (bicyclic) bond motifs is 3. The molecule has 2 N–H and O–H groups in total. The quantitative estimate of drug-likeness (QED) is 0.0772. The van der Waals surface area contributed by atoms with Crippen LogP contribution in [0.3, 0.4) is 0 Å². The van der Waals surface area contributed by atoms with Crippen LogP contribution in [0.15, 0.2) is 36.0 Å². The maximum atomic E-state index is 14.9. The number of cyclic esters (lactones) is 1. The number of Topliss-reactive ketones (excluding diaryl/α,β-unsaturated/α-hetero) is 2. The molecule has 434 valence electrons. The van der Waals surface area contributed by atoms with E-state index < -0.39 is 126 Å². The number of ketones is 2. The van der Waals surface area contributed by atoms with Crippen LogP contribution in [0.5, 0.6) is 0 Å². The van der Waals surface area contributed by atoms with E-state index >= 15 is 0 Å². The lowest BCUT2D eigenvalue weighted by Gasteiger charge is -2.47. The van der Waals surface area contributed by atoms with Crippen molar-refractivity contribution in [2.45, 2.75) is 200 Å². The fourth-order valence-corrected chi connectivity index (χ4v) is 11.2. The number of hydrogen-bond acceptors (Lipinski definition) is 19. The van der Waals surface area contributed by atoms with Crippen LogP contribution in [-0.2, 0) is 81.0 Å². The molecule has 0 aromatic carbocycles. The zero-order valence-electron chi connectivity index (χ0n) is 47.2. The maximum Gasteiger partial charge on any atom is 0.329 e. The van der Waals surface area contributed by atoms with Gasteiger partial charge in [-0.1, -0.05) is 51.5 Å². The third kappa shape index (κ3) is 18.6. The minimum Gasteiger partial charge on any atom is -0.462 e. The molecule has 1 unspecified atom stereocenters. The van der Waals surface area contributed by atoms with Crippen LogP contribution in [0.4, 0.5) is 0 Å². The molecule has 3 aliphatic heterocycles. The third-order valence-corrected chi connectivity index (χ3v) is 15.4. The van der Waals surface area contributed by atoms with E-state index in [1.807, 2.05) is 26.0 Å². The molecule has 20 heteroatoms. The van der Waals surface area contributed by atoms with Crippen LogP contribution in [-0.4, -0.2) is 164 Å². The molecule has 1 amide bonds. The van der Waals surface area contributed by atoms with Crippen molar-refractivity contribution in [2.75, 3.05) is 41.1 Å². The van der Waals surface area contributed by atoms with Crippen molar-refractivity contribution >= 4 is 47.3 Å². The number of carbonyl (C=O) groups is 8. The Morgan fingerprint density at radius 1 is 0.844 bits per heavy atom. The van der Waals surface area contributed by atoms with Gasteiger partial charge in [-0.05, 0) is 101 Å². The van der Waals surface area contributed by atoms with Crippen LogP contribution in [0.1, 0.15) is 139 Å². The van der Waals surface area contributed by atoms with Crippen LogP contribution in [0, 0.1) is 35.5 Å². The summed E-state index contributed by atoms with van der Waals surface area (Å²) in [6.45, 7) is 16.1. The number of piperidine rings is 1. The van der Waals surface area contributed by atoms with E-state index in [2.05, 4.69) is 6.58 Å². The van der Waals surface area contributed by atoms with E-state index in [0.29, 0.717) is 50.5 Å². The summed E-state index contributed by atoms with van der Waals surface area (Å²) in [5.74, 6) is -12.5. The minimum absolute atomic E-state index is 0.00840. The van der Waals surface area contributed by atoms with Crippen LogP contribution in [0.2, 0.25) is 0 Å². The largest absolute Gasteiger partial charge is 0.462 e. The molecule has 3 fully saturated rings. The molecule has 1 aliphatic carbocycles. The van der Waals surface area contributed by atoms with Crippen molar-refractivity contribution in [1.29, 1.82) is 0 Å². The first kappa shape index (κ1) is 64.7. The Kier molecular flexibility index (Phi) is 25.6. The lowest BCUT2D eigenvalue weighted by atomic mass is 9.81. The molecule has 2 saturated heterocycles. The summed E-state index contributed by atoms with van der Waals surface area (Å²) in [7, 11) is 4.51. The zero-order chi connectivity index (χ0) is 57.3. The normalized spacial score (nSPS) is 33.5. The van der Waals surface area contributed by atoms with Gasteiger partial charge in [0.05, 0.1) is 24.4 Å². The summed E-state index contributed by atoms with van der Waals surface area (Å²) in [5, 5.41) is 22.9. The Morgan fingerprint density at radius 3 is 2.08 bits per heavy atom. The molecule has 0 aromatic heterocycles. The monoisotopic (exact) mass is 1090 g/mol. The topological polar surface area (TPSA) is 263 Å². The van der Waals surface area contributed by atoms with E-state index in [0.717, 1.165) is 10.5 Å². The molecule has 4 aliphatic rings. The molecule has 1 saturated carbocycles. The Hall–Kier alpha value is -4.86. The molecular weight excluding hydrogens is 1000 g/mol. The van der Waals surface area contributed by atoms with Gasteiger partial charge in [-0.2, -0.15) is 0 Å². The number of methoxy groups -OCH3 is 3. The number of allylic oxidation sites excluding steroid dienone is 4. The summed E-state index contributed by atoms with van der Waals surface area (Å²) < 4.78 is 51.9. The van der Waals surface area contributed by atoms with Crippen molar-refractivity contribution in [3.8, 4) is 0 Å². The molecule has 20 nitrogen and oxygen atoms in total. The molecule has 15 atom stereocenters. The van der Waals surface area contributed by atoms with Gasteiger partial charge in [-0.25, -0.2) is 4.79 Å². The highest BCUT2D eigenvalue weighted by atomic mass is 16.7. The molecule has 0 aromatic rings. The lowest BCUT2D eigenvalue weighted by molar-refractivity contribution is -0.302. The molecule has 0 spiro atoms. The molecule has 3 heterocycles. The van der Waals surface area contributed by atoms with Gasteiger partial charge in [0.1, 0.15) is 43.4 Å². The maximum absolute atomic E-state index is 14.9. The van der Waals surface area contributed by atoms with Crippen molar-refractivity contribution in [1.82, 2.24) is 4.90 Å². The molecular formula is C57H87NO19. The van der Waals surface area contributed by atoms with Gasteiger partial charge in [0.2, 0.25) is 5.79 Å². The summed E-state index contributed by atoms with van der Waals surface area (Å²) in [6.07, 6.45) is 1.20. The minimum atomic E-state index is -2.60. The second-order valence-corrected chi connectivity index (χ2v) is 22.0. The Bertz CT molecular complexity index is 2100. The second-order valence-electron chi connectivity index (χ2n) is 22.0. The van der Waals surface area contributed by atoms with Crippen molar-refractivity contribution in [2.24, 2.45) is 35.5 Å². The number of rotatable bonds is 17. The highest BCUT2D eigenvalue weighted by Gasteiger charge is 2.57. The SMILES string of the molecule is C=CC[C@@H]1/C=C(\C)C[C@H](C)C[C@H](OC)[C@H]2O[C@@](O)(C(=O)C(=O)N3CCCC[C@H]3C(=O)O[C@H](/C(C)=C/[C@@H]3CC[C@@H](O)[C@H](OC)C3)[C@H](C)[C@@H](OC(=O)CC(C)CC(=O)OC(COC(C)=O)COC(C)=O)CC1=O)[C@H](C)C[C@@H]2OC. The highest BCUT2D eigenvalue weighted by molar-refractivity contribution is 6.39. The fraction of sp³-hybridized carbons (Fsp3) is 0.754. The van der Waals surface area contributed by atoms with Crippen LogP contribution >= 0.6 is 0 Å². The van der Waals surface area contributed by atoms with Crippen molar-refractivity contribution in [3.05, 3.63) is 36.0 Å². The van der Waals surface area contributed by atoms with Gasteiger partial charge >= 0.3 is 29.8 Å². The number of ether oxygens (including phenoxy) is 9. The molecule has 77 heavy (non-hydrogen) atoms. The standard InChI is InChI=1S/C57H87NO19/c1-13-16-41-22-32(2)21-33(3)23-48(70-11)53-49(71-12)27-36(6)57(68,77-53)54(65)55(66)58-20-15-14-17-43(58)56(67)76-52(35(5)26-40-18-19-44(61)47(28-40)69-10)37(7)46(29-45(41)62)75-51(64)25-34(4)24-50(63)74-42(30-72-38(8)59)31-73-39(9)60/h13,22,26,33-34,36-37,40-44,46-49,52-53,61,68H,1,14-21,23-25,27-31H2,2-12H3/b32-22+,35-26+/t33-,34?,36+,37+,40-,41+,43-,44+,46-,47+,48-,49-,52+,53+,57+/m0/s1. The molecule has 0 radical (unpaired) electrons. The number of amides is 1. The first-order valence-electron chi connectivity index (χ1n) is 27.2. The lowest BCUT2D eigenvalue weighted by Crippen LogP contribution is -2.64. The second kappa shape index (κ2) is 30.5. The van der Waals surface area contributed by atoms with Gasteiger partial charge in [0.25, 0.3) is 11.7 Å². The number of aliphatic hydroxyl groups is 2. The average Bonchev–Trinajstić information content (AvgIpc) is 3.37. The number of esters is 5. The smallest absolute Gasteiger partial charge is 0.329 e. The summed E-state index contributed by atoms with van der Waals surface area (Å²) in [6, 6.07) is -1.28. The fourth-order valence-electron chi connectivity index (χ4n) is 11.2. The number of carbonyl (C=O) groups excluding carboxylic acids is 8. The van der Waals surface area contributed by atoms with Gasteiger partial charge in [0, 0.05) is 78.7 Å². The van der Waals surface area contributed by atoms with Crippen molar-refractivity contribution < 1.29 is 91.2 Å². The summed E-state index contributed by atoms with van der Waals surface area (Å²) >= 11 is 0. The average molecular weight is 1090 g/mol. The summed E-state index contributed by atoms with van der Waals surface area (Å²) in [5.41, 5.74) is 1.39. The predicted octanol–water partition coefficient (Wildman–Crippen LogP) is 5.64. The van der Waals surface area contributed by atoms with Gasteiger partial charge in [0.15, 0.2) is 6.10 Å². The van der Waals surface area contributed by atoms with E-state index in [-0.39, 0.29) is 75.9 Å². The van der Waals surface area contributed by atoms with Gasteiger partial charge in [-0.3, -0.25) is 33.6 Å². The first-order valence-corrected chi connectivity index (χ1v) is 27.2. The van der Waals surface area contributed by atoms with E-state index in [1.165, 1.54) is 35.2 Å². The summed E-state index contributed by atoms with van der Waals surface area (Å²) in [4.78, 5) is 110. The predicted molar refractivity (Wildman–Crippen MR) is 278 cm³/mol. The van der Waals surface area contributed by atoms with Gasteiger partial charge < -0.3 is 57.7 Å². The number of nitrogens with zero attached hydrogens (tertiary/aromatic N) is 1.